The molecule has 0 saturated carbocycles. The van der Waals surface area contributed by atoms with Gasteiger partial charge < -0.3 is 20.1 Å². The van der Waals surface area contributed by atoms with Crippen LogP contribution in [0.15, 0.2) is 9.52 Å². The molecule has 1 aliphatic rings. The minimum atomic E-state index is 0.293. The molecular formula is C17H32N6O. The van der Waals surface area contributed by atoms with Gasteiger partial charge in [0.1, 0.15) is 0 Å². The van der Waals surface area contributed by atoms with Crippen molar-refractivity contribution >= 4 is 5.96 Å². The molecule has 0 amide bonds. The van der Waals surface area contributed by atoms with Gasteiger partial charge in [0.2, 0.25) is 5.89 Å². The van der Waals surface area contributed by atoms with Gasteiger partial charge >= 0.3 is 0 Å². The van der Waals surface area contributed by atoms with E-state index in [-0.39, 0.29) is 0 Å². The summed E-state index contributed by atoms with van der Waals surface area (Å²) in [5.74, 6) is 2.58. The fourth-order valence-corrected chi connectivity index (χ4v) is 2.84. The number of hydrogen-bond acceptors (Lipinski definition) is 5. The number of aromatic nitrogens is 2. The Morgan fingerprint density at radius 3 is 2.54 bits per heavy atom. The van der Waals surface area contributed by atoms with Gasteiger partial charge in [0.25, 0.3) is 0 Å². The molecule has 24 heavy (non-hydrogen) atoms. The van der Waals surface area contributed by atoms with Gasteiger partial charge in [-0.3, -0.25) is 4.99 Å². The standard InChI is InChI=1S/C17H32N6O/c1-12(2)16-21-15(24-22-16)6-9-19-17(18-5)20-14-7-10-23(11-8-14)13(3)4/h12-14H,6-11H2,1-5H3,(H2,18,19,20). The van der Waals surface area contributed by atoms with E-state index in [1.165, 1.54) is 0 Å². The molecule has 1 saturated heterocycles. The highest BCUT2D eigenvalue weighted by Crippen LogP contribution is 2.13. The second kappa shape index (κ2) is 9.01. The molecule has 2 heterocycles. The van der Waals surface area contributed by atoms with Crippen LogP contribution in [-0.4, -0.2) is 59.8 Å². The summed E-state index contributed by atoms with van der Waals surface area (Å²) >= 11 is 0. The zero-order valence-corrected chi connectivity index (χ0v) is 15.7. The molecule has 0 unspecified atom stereocenters. The first-order chi connectivity index (χ1) is 11.5. The lowest BCUT2D eigenvalue weighted by atomic mass is 10.0. The van der Waals surface area contributed by atoms with Crippen LogP contribution in [0.4, 0.5) is 0 Å². The Morgan fingerprint density at radius 1 is 1.29 bits per heavy atom. The summed E-state index contributed by atoms with van der Waals surface area (Å²) in [6.45, 7) is 11.7. The van der Waals surface area contributed by atoms with Crippen LogP contribution in [0.25, 0.3) is 0 Å². The predicted octanol–water partition coefficient (Wildman–Crippen LogP) is 1.77. The van der Waals surface area contributed by atoms with Crippen molar-refractivity contribution in [3.63, 3.8) is 0 Å². The normalized spacial score (nSPS) is 17.7. The first-order valence-corrected chi connectivity index (χ1v) is 9.03. The van der Waals surface area contributed by atoms with Crippen LogP contribution in [0, 0.1) is 0 Å². The number of likely N-dealkylation sites (tertiary alicyclic amines) is 1. The van der Waals surface area contributed by atoms with Crippen molar-refractivity contribution in [1.29, 1.82) is 0 Å². The number of piperidine rings is 1. The molecule has 1 aromatic heterocycles. The molecule has 1 aliphatic heterocycles. The van der Waals surface area contributed by atoms with Gasteiger partial charge in [0.05, 0.1) is 0 Å². The molecule has 136 valence electrons. The van der Waals surface area contributed by atoms with Gasteiger partial charge in [-0.1, -0.05) is 19.0 Å². The average Bonchev–Trinajstić information content (AvgIpc) is 3.03. The quantitative estimate of drug-likeness (QED) is 0.609. The molecule has 2 N–H and O–H groups in total. The van der Waals surface area contributed by atoms with Crippen molar-refractivity contribution in [2.75, 3.05) is 26.7 Å². The molecule has 0 spiro atoms. The third kappa shape index (κ3) is 5.47. The average molecular weight is 336 g/mol. The number of nitrogens with zero attached hydrogens (tertiary/aromatic N) is 4. The second-order valence-corrected chi connectivity index (χ2v) is 7.00. The second-order valence-electron chi connectivity index (χ2n) is 7.00. The van der Waals surface area contributed by atoms with E-state index in [2.05, 4.69) is 58.4 Å². The summed E-state index contributed by atoms with van der Waals surface area (Å²) in [6, 6.07) is 1.12. The first-order valence-electron chi connectivity index (χ1n) is 9.03. The van der Waals surface area contributed by atoms with E-state index in [0.717, 1.165) is 44.3 Å². The Hall–Kier alpha value is -1.63. The van der Waals surface area contributed by atoms with Gasteiger partial charge in [0.15, 0.2) is 11.8 Å². The summed E-state index contributed by atoms with van der Waals surface area (Å²) in [4.78, 5) is 11.2. The van der Waals surface area contributed by atoms with E-state index in [1.54, 1.807) is 0 Å². The van der Waals surface area contributed by atoms with Crippen LogP contribution in [0.5, 0.6) is 0 Å². The first kappa shape index (κ1) is 18.7. The van der Waals surface area contributed by atoms with E-state index in [0.29, 0.717) is 30.3 Å². The van der Waals surface area contributed by atoms with Crippen LogP contribution >= 0.6 is 0 Å². The Kier molecular flexibility index (Phi) is 7.02. The Labute approximate surface area is 145 Å². The molecule has 1 aromatic rings. The van der Waals surface area contributed by atoms with Crippen molar-refractivity contribution < 1.29 is 4.52 Å². The maximum Gasteiger partial charge on any atom is 0.228 e. The molecule has 1 fully saturated rings. The number of guanidine groups is 1. The van der Waals surface area contributed by atoms with Crippen LogP contribution in [0.2, 0.25) is 0 Å². The highest BCUT2D eigenvalue weighted by atomic mass is 16.5. The monoisotopic (exact) mass is 336 g/mol. The van der Waals surface area contributed by atoms with Crippen molar-refractivity contribution in [1.82, 2.24) is 25.7 Å². The van der Waals surface area contributed by atoms with Crippen molar-refractivity contribution in [3.05, 3.63) is 11.7 Å². The summed E-state index contributed by atoms with van der Waals surface area (Å²) in [5, 5.41) is 10.8. The highest BCUT2D eigenvalue weighted by molar-refractivity contribution is 5.79. The summed E-state index contributed by atoms with van der Waals surface area (Å²) < 4.78 is 5.26. The molecule has 0 bridgehead atoms. The summed E-state index contributed by atoms with van der Waals surface area (Å²) in [6.07, 6.45) is 3.01. The van der Waals surface area contributed by atoms with Crippen LogP contribution in [0.3, 0.4) is 0 Å². The molecule has 7 heteroatoms. The topological polar surface area (TPSA) is 78.6 Å². The van der Waals surface area contributed by atoms with E-state index in [4.69, 9.17) is 4.52 Å². The minimum absolute atomic E-state index is 0.293. The van der Waals surface area contributed by atoms with Crippen molar-refractivity contribution in [3.8, 4) is 0 Å². The summed E-state index contributed by atoms with van der Waals surface area (Å²) in [5.41, 5.74) is 0. The molecule has 0 aromatic carbocycles. The third-order valence-electron chi connectivity index (χ3n) is 4.46. The molecule has 0 aliphatic carbocycles. The minimum Gasteiger partial charge on any atom is -0.356 e. The fourth-order valence-electron chi connectivity index (χ4n) is 2.84. The van der Waals surface area contributed by atoms with Crippen LogP contribution < -0.4 is 10.6 Å². The lowest BCUT2D eigenvalue weighted by molar-refractivity contribution is 0.167. The third-order valence-corrected chi connectivity index (χ3v) is 4.46. The number of hydrogen-bond donors (Lipinski definition) is 2. The zero-order chi connectivity index (χ0) is 17.5. The zero-order valence-electron chi connectivity index (χ0n) is 15.7. The van der Waals surface area contributed by atoms with Crippen LogP contribution in [0.1, 0.15) is 58.2 Å². The van der Waals surface area contributed by atoms with Crippen molar-refractivity contribution in [2.45, 2.75) is 65.0 Å². The smallest absolute Gasteiger partial charge is 0.228 e. The lowest BCUT2D eigenvalue weighted by Crippen LogP contribution is -2.50. The number of aliphatic imine (C=N–C) groups is 1. The highest BCUT2D eigenvalue weighted by Gasteiger charge is 2.21. The van der Waals surface area contributed by atoms with E-state index in [9.17, 15) is 0 Å². The van der Waals surface area contributed by atoms with Gasteiger partial charge in [-0.05, 0) is 26.7 Å². The number of rotatable bonds is 6. The molecule has 0 radical (unpaired) electrons. The van der Waals surface area contributed by atoms with Gasteiger partial charge in [-0.25, -0.2) is 0 Å². The number of nitrogens with one attached hydrogen (secondary N) is 2. The Bertz CT molecular complexity index is 517. The maximum atomic E-state index is 5.26. The maximum absolute atomic E-state index is 5.26. The SMILES string of the molecule is CN=C(NCCc1nc(C(C)C)no1)NC1CCN(C(C)C)CC1. The predicted molar refractivity (Wildman–Crippen MR) is 96.3 cm³/mol. The fraction of sp³-hybridized carbons (Fsp3) is 0.824. The molecule has 0 atom stereocenters. The molecular weight excluding hydrogens is 304 g/mol. The van der Waals surface area contributed by atoms with Gasteiger partial charge in [-0.2, -0.15) is 4.98 Å². The van der Waals surface area contributed by atoms with E-state index >= 15 is 0 Å². The van der Waals surface area contributed by atoms with Gasteiger partial charge in [-0.15, -0.1) is 0 Å². The largest absolute Gasteiger partial charge is 0.356 e. The molecule has 2 rings (SSSR count). The van der Waals surface area contributed by atoms with Gasteiger partial charge in [0, 0.05) is 51.1 Å². The summed E-state index contributed by atoms with van der Waals surface area (Å²) in [7, 11) is 1.81. The Balaban J connectivity index is 1.71. The Morgan fingerprint density at radius 2 is 2.00 bits per heavy atom. The van der Waals surface area contributed by atoms with E-state index in [1.807, 2.05) is 7.05 Å². The van der Waals surface area contributed by atoms with Crippen molar-refractivity contribution in [2.24, 2.45) is 4.99 Å². The van der Waals surface area contributed by atoms with E-state index < -0.39 is 0 Å². The van der Waals surface area contributed by atoms with Crippen LogP contribution in [-0.2, 0) is 6.42 Å². The molecule has 7 nitrogen and oxygen atoms in total. The lowest BCUT2D eigenvalue weighted by Gasteiger charge is -2.35.